The second-order valence-electron chi connectivity index (χ2n) is 6.66. The van der Waals surface area contributed by atoms with Crippen molar-refractivity contribution in [3.63, 3.8) is 0 Å². The molecule has 1 aromatic heterocycles. The van der Waals surface area contributed by atoms with Crippen LogP contribution in [0.1, 0.15) is 29.2 Å². The van der Waals surface area contributed by atoms with Gasteiger partial charge in [0, 0.05) is 31.7 Å². The van der Waals surface area contributed by atoms with Crippen molar-refractivity contribution in [3.05, 3.63) is 64.7 Å². The summed E-state index contributed by atoms with van der Waals surface area (Å²) in [4.78, 5) is 8.58. The van der Waals surface area contributed by atoms with Gasteiger partial charge in [0.2, 0.25) is 0 Å². The molecule has 2 rings (SSSR count). The van der Waals surface area contributed by atoms with Gasteiger partial charge in [-0.2, -0.15) is 0 Å². The van der Waals surface area contributed by atoms with Gasteiger partial charge in [0.05, 0.1) is 12.3 Å². The molecule has 0 saturated carbocycles. The Kier molecular flexibility index (Phi) is 10.5. The normalized spacial score (nSPS) is 11.7. The van der Waals surface area contributed by atoms with Crippen molar-refractivity contribution < 1.29 is 12.8 Å². The first-order valence-corrected chi connectivity index (χ1v) is 11.2. The molecule has 1 aromatic carbocycles. The van der Waals surface area contributed by atoms with Gasteiger partial charge in [-0.15, -0.1) is 24.0 Å². The highest BCUT2D eigenvalue weighted by molar-refractivity contribution is 14.0. The molecule has 1 heterocycles. The first-order valence-electron chi connectivity index (χ1n) is 9.15. The van der Waals surface area contributed by atoms with Crippen molar-refractivity contribution in [1.29, 1.82) is 0 Å². The minimum atomic E-state index is -3.22. The topological polar surface area (TPSA) is 83.5 Å². The van der Waals surface area contributed by atoms with Gasteiger partial charge < -0.3 is 10.6 Å². The average molecular weight is 534 g/mol. The molecule has 0 unspecified atom stereocenters. The van der Waals surface area contributed by atoms with Crippen molar-refractivity contribution in [2.75, 3.05) is 19.3 Å². The smallest absolute Gasteiger partial charge is 0.191 e. The SMILES string of the molecule is CCNC(=NCc1cc(F)ccc1CS(C)(=O)=O)NCCc1ccncc1C.I. The van der Waals surface area contributed by atoms with E-state index in [0.717, 1.165) is 18.2 Å². The number of nitrogens with one attached hydrogen (secondary N) is 2. The Labute approximate surface area is 189 Å². The lowest BCUT2D eigenvalue weighted by Crippen LogP contribution is -2.38. The van der Waals surface area contributed by atoms with Crippen LogP contribution < -0.4 is 10.6 Å². The number of guanidine groups is 1. The van der Waals surface area contributed by atoms with Crippen LogP contribution in [0, 0.1) is 12.7 Å². The van der Waals surface area contributed by atoms with Crippen LogP contribution in [0.3, 0.4) is 0 Å². The van der Waals surface area contributed by atoms with Gasteiger partial charge in [0.15, 0.2) is 15.8 Å². The van der Waals surface area contributed by atoms with E-state index in [2.05, 4.69) is 20.6 Å². The summed E-state index contributed by atoms with van der Waals surface area (Å²) < 4.78 is 36.9. The Morgan fingerprint density at radius 3 is 2.59 bits per heavy atom. The third-order valence-corrected chi connectivity index (χ3v) is 5.00. The summed E-state index contributed by atoms with van der Waals surface area (Å²) in [6.07, 6.45) is 5.59. The fourth-order valence-electron chi connectivity index (χ4n) is 2.77. The van der Waals surface area contributed by atoms with Gasteiger partial charge in [0.25, 0.3) is 0 Å². The van der Waals surface area contributed by atoms with Gasteiger partial charge in [-0.1, -0.05) is 6.07 Å². The van der Waals surface area contributed by atoms with Gasteiger partial charge in [-0.25, -0.2) is 17.8 Å². The number of aromatic nitrogens is 1. The highest BCUT2D eigenvalue weighted by Gasteiger charge is 2.11. The van der Waals surface area contributed by atoms with Gasteiger partial charge in [-0.3, -0.25) is 4.98 Å². The first-order chi connectivity index (χ1) is 13.3. The summed E-state index contributed by atoms with van der Waals surface area (Å²) in [5, 5.41) is 6.41. The monoisotopic (exact) mass is 534 g/mol. The number of hydrogen-bond acceptors (Lipinski definition) is 4. The molecule has 0 radical (unpaired) electrons. The van der Waals surface area contributed by atoms with E-state index in [1.807, 2.05) is 26.1 Å². The number of benzene rings is 1. The Morgan fingerprint density at radius 1 is 1.17 bits per heavy atom. The summed E-state index contributed by atoms with van der Waals surface area (Å²) in [6, 6.07) is 6.11. The Bertz CT molecular complexity index is 936. The highest BCUT2D eigenvalue weighted by Crippen LogP contribution is 2.15. The summed E-state index contributed by atoms with van der Waals surface area (Å²) in [6.45, 7) is 5.53. The molecule has 160 valence electrons. The van der Waals surface area contributed by atoms with Crippen molar-refractivity contribution in [1.82, 2.24) is 15.6 Å². The van der Waals surface area contributed by atoms with E-state index in [0.29, 0.717) is 30.2 Å². The molecule has 9 heteroatoms. The van der Waals surface area contributed by atoms with E-state index in [1.165, 1.54) is 23.8 Å². The summed E-state index contributed by atoms with van der Waals surface area (Å²) in [5.74, 6) is 0.0565. The predicted molar refractivity (Wildman–Crippen MR) is 126 cm³/mol. The molecular formula is C20H28FIN4O2S. The number of pyridine rings is 1. The van der Waals surface area contributed by atoms with Crippen LogP contribution in [0.5, 0.6) is 0 Å². The molecular weight excluding hydrogens is 506 g/mol. The number of aliphatic imine (C=N–C) groups is 1. The van der Waals surface area contributed by atoms with E-state index in [4.69, 9.17) is 0 Å². The van der Waals surface area contributed by atoms with Crippen LogP contribution in [0.15, 0.2) is 41.7 Å². The number of sulfone groups is 1. The van der Waals surface area contributed by atoms with Crippen LogP contribution in [0.25, 0.3) is 0 Å². The summed E-state index contributed by atoms with van der Waals surface area (Å²) in [7, 11) is -3.22. The maximum atomic E-state index is 13.6. The van der Waals surface area contributed by atoms with Crippen LogP contribution in [0.2, 0.25) is 0 Å². The summed E-state index contributed by atoms with van der Waals surface area (Å²) >= 11 is 0. The van der Waals surface area contributed by atoms with Crippen molar-refractivity contribution in [2.24, 2.45) is 4.99 Å². The van der Waals surface area contributed by atoms with E-state index in [-0.39, 0.29) is 36.3 Å². The zero-order chi connectivity index (χ0) is 20.6. The van der Waals surface area contributed by atoms with E-state index < -0.39 is 15.7 Å². The second kappa shape index (κ2) is 12.1. The molecule has 0 fully saturated rings. The van der Waals surface area contributed by atoms with Crippen LogP contribution >= 0.6 is 24.0 Å². The third kappa shape index (κ3) is 9.07. The zero-order valence-electron chi connectivity index (χ0n) is 16.9. The molecule has 0 aliphatic carbocycles. The Hall–Kier alpha value is -1.75. The Morgan fingerprint density at radius 2 is 1.93 bits per heavy atom. The predicted octanol–water partition coefficient (Wildman–Crippen LogP) is 2.99. The van der Waals surface area contributed by atoms with Crippen molar-refractivity contribution >= 4 is 39.8 Å². The maximum absolute atomic E-state index is 13.6. The average Bonchev–Trinajstić information content (AvgIpc) is 2.62. The fraction of sp³-hybridized carbons (Fsp3) is 0.400. The lowest BCUT2D eigenvalue weighted by atomic mass is 10.1. The molecule has 29 heavy (non-hydrogen) atoms. The molecule has 0 amide bonds. The quantitative estimate of drug-likeness (QED) is 0.309. The van der Waals surface area contributed by atoms with Crippen molar-refractivity contribution in [3.8, 4) is 0 Å². The van der Waals surface area contributed by atoms with E-state index >= 15 is 0 Å². The van der Waals surface area contributed by atoms with Gasteiger partial charge in [-0.05, 0) is 60.7 Å². The number of nitrogens with zero attached hydrogens (tertiary/aromatic N) is 2. The fourth-order valence-corrected chi connectivity index (χ4v) is 3.62. The maximum Gasteiger partial charge on any atom is 0.191 e. The minimum absolute atomic E-state index is 0. The standard InChI is InChI=1S/C20H27FN4O2S.HI/c1-4-23-20(24-10-8-16-7-9-22-12-15(16)2)25-13-18-11-19(21)6-5-17(18)14-28(3,26)27;/h5-7,9,11-12H,4,8,10,13-14H2,1-3H3,(H2,23,24,25);1H. The van der Waals surface area contributed by atoms with Gasteiger partial charge in [0.1, 0.15) is 5.82 Å². The molecule has 6 nitrogen and oxygen atoms in total. The molecule has 0 aliphatic rings. The largest absolute Gasteiger partial charge is 0.357 e. The van der Waals surface area contributed by atoms with Crippen molar-refractivity contribution in [2.45, 2.75) is 32.6 Å². The van der Waals surface area contributed by atoms with Crippen LogP contribution in [-0.2, 0) is 28.6 Å². The van der Waals surface area contributed by atoms with E-state index in [9.17, 15) is 12.8 Å². The molecule has 2 N–H and O–H groups in total. The molecule has 0 spiro atoms. The molecule has 2 aromatic rings. The molecule has 0 atom stereocenters. The van der Waals surface area contributed by atoms with Crippen LogP contribution in [0.4, 0.5) is 4.39 Å². The summed E-state index contributed by atoms with van der Waals surface area (Å²) in [5.41, 5.74) is 3.47. The molecule has 0 aliphatic heterocycles. The number of halogens is 2. The lowest BCUT2D eigenvalue weighted by molar-refractivity contribution is 0.600. The Balaban J connectivity index is 0.00000420. The van der Waals surface area contributed by atoms with Gasteiger partial charge >= 0.3 is 0 Å². The molecule has 0 saturated heterocycles. The number of hydrogen-bond donors (Lipinski definition) is 2. The number of rotatable bonds is 8. The minimum Gasteiger partial charge on any atom is -0.357 e. The zero-order valence-corrected chi connectivity index (χ0v) is 20.1. The highest BCUT2D eigenvalue weighted by atomic mass is 127. The first kappa shape index (κ1) is 25.3. The number of aryl methyl sites for hydroxylation is 1. The molecule has 0 bridgehead atoms. The second-order valence-corrected chi connectivity index (χ2v) is 8.80. The third-order valence-electron chi connectivity index (χ3n) is 4.16. The lowest BCUT2D eigenvalue weighted by Gasteiger charge is -2.13. The van der Waals surface area contributed by atoms with E-state index in [1.54, 1.807) is 6.20 Å². The van der Waals surface area contributed by atoms with Crippen LogP contribution in [-0.4, -0.2) is 38.7 Å².